The van der Waals surface area contributed by atoms with Gasteiger partial charge in [-0.2, -0.15) is 0 Å². The molecule has 56 valence electrons. The Labute approximate surface area is 70.4 Å². The van der Waals surface area contributed by atoms with Gasteiger partial charge in [-0.15, -0.1) is 0 Å². The molecule has 11 heavy (non-hydrogen) atoms. The first kappa shape index (κ1) is 8.06. The van der Waals surface area contributed by atoms with E-state index in [1.165, 1.54) is 0 Å². The fourth-order valence-corrected chi connectivity index (χ4v) is 0.774. The van der Waals surface area contributed by atoms with E-state index >= 15 is 0 Å². The summed E-state index contributed by atoms with van der Waals surface area (Å²) in [6, 6.07) is 3.40. The number of hydrogen-bond acceptors (Lipinski definition) is 2. The van der Waals surface area contributed by atoms with E-state index in [2.05, 4.69) is 16.8 Å². The average Bonchev–Trinajstić information content (AvgIpc) is 2.01. The molecule has 0 unspecified atom stereocenters. The van der Waals surface area contributed by atoms with Crippen LogP contribution in [0.25, 0.3) is 0 Å². The lowest BCUT2D eigenvalue weighted by molar-refractivity contribution is 1.27. The quantitative estimate of drug-likeness (QED) is 0.585. The van der Waals surface area contributed by atoms with Crippen molar-refractivity contribution in [3.05, 3.63) is 29.0 Å². The molecule has 0 aromatic carbocycles. The first-order valence-corrected chi connectivity index (χ1v) is 3.51. The summed E-state index contributed by atoms with van der Waals surface area (Å²) in [5, 5.41) is 0.640. The highest BCUT2D eigenvalue weighted by Gasteiger charge is 1.88. The van der Waals surface area contributed by atoms with E-state index in [1.807, 2.05) is 0 Å². The molecule has 0 saturated heterocycles. The highest BCUT2D eigenvalue weighted by atomic mass is 35.5. The Hall–Kier alpha value is -1.04. The average molecular weight is 167 g/mol. The standard InChI is InChI=1S/C8H7ClN2/c9-7-3-5-11-8(6-7)2-1-4-10/h3,5-6H,4,10H2. The Kier molecular flexibility index (Phi) is 2.91. The predicted octanol–water partition coefficient (Wildman–Crippen LogP) is 1.05. The van der Waals surface area contributed by atoms with Crippen LogP contribution >= 0.6 is 11.6 Å². The predicted molar refractivity (Wildman–Crippen MR) is 45.2 cm³/mol. The van der Waals surface area contributed by atoms with Crippen molar-refractivity contribution in [3.8, 4) is 11.8 Å². The van der Waals surface area contributed by atoms with Crippen molar-refractivity contribution >= 4 is 11.6 Å². The molecule has 0 aliphatic heterocycles. The number of halogens is 1. The molecule has 0 bridgehead atoms. The molecule has 0 atom stereocenters. The minimum absolute atomic E-state index is 0.341. The van der Waals surface area contributed by atoms with E-state index in [9.17, 15) is 0 Å². The van der Waals surface area contributed by atoms with Crippen molar-refractivity contribution in [1.82, 2.24) is 4.98 Å². The molecule has 3 heteroatoms. The molecule has 2 nitrogen and oxygen atoms in total. The maximum atomic E-state index is 5.68. The third-order valence-electron chi connectivity index (χ3n) is 1.04. The van der Waals surface area contributed by atoms with Gasteiger partial charge in [0.05, 0.1) is 6.54 Å². The summed E-state index contributed by atoms with van der Waals surface area (Å²) in [5.41, 5.74) is 5.84. The summed E-state index contributed by atoms with van der Waals surface area (Å²) in [4.78, 5) is 3.96. The van der Waals surface area contributed by atoms with Crippen molar-refractivity contribution in [1.29, 1.82) is 0 Å². The Morgan fingerprint density at radius 3 is 3.09 bits per heavy atom. The first-order valence-electron chi connectivity index (χ1n) is 3.13. The fourth-order valence-electron chi connectivity index (χ4n) is 0.615. The lowest BCUT2D eigenvalue weighted by atomic mass is 10.3. The van der Waals surface area contributed by atoms with E-state index in [0.29, 0.717) is 17.3 Å². The van der Waals surface area contributed by atoms with Gasteiger partial charge in [0.1, 0.15) is 5.69 Å². The Bertz CT molecular complexity index is 298. The number of nitrogens with two attached hydrogens (primary N) is 1. The fraction of sp³-hybridized carbons (Fsp3) is 0.125. The van der Waals surface area contributed by atoms with E-state index in [-0.39, 0.29) is 0 Å². The Morgan fingerprint density at radius 2 is 2.45 bits per heavy atom. The lowest BCUT2D eigenvalue weighted by Crippen LogP contribution is -1.93. The molecule has 0 fully saturated rings. The normalized spacial score (nSPS) is 8.55. The molecular weight excluding hydrogens is 160 g/mol. The number of aromatic nitrogens is 1. The topological polar surface area (TPSA) is 38.9 Å². The van der Waals surface area contributed by atoms with E-state index in [1.54, 1.807) is 18.3 Å². The van der Waals surface area contributed by atoms with Crippen LogP contribution in [0, 0.1) is 11.8 Å². The van der Waals surface area contributed by atoms with Crippen molar-refractivity contribution in [2.24, 2.45) is 5.73 Å². The van der Waals surface area contributed by atoms with Crippen LogP contribution in [-0.4, -0.2) is 11.5 Å². The zero-order valence-electron chi connectivity index (χ0n) is 5.84. The van der Waals surface area contributed by atoms with Crippen LogP contribution in [0.1, 0.15) is 5.69 Å². The maximum Gasteiger partial charge on any atom is 0.114 e. The van der Waals surface area contributed by atoms with Gasteiger partial charge in [-0.25, -0.2) is 4.98 Å². The number of rotatable bonds is 0. The van der Waals surface area contributed by atoms with Gasteiger partial charge in [0.25, 0.3) is 0 Å². The molecule has 1 aromatic heterocycles. The van der Waals surface area contributed by atoms with E-state index in [0.717, 1.165) is 0 Å². The van der Waals surface area contributed by atoms with Gasteiger partial charge in [-0.3, -0.25) is 0 Å². The van der Waals surface area contributed by atoms with Crippen LogP contribution in [0.5, 0.6) is 0 Å². The van der Waals surface area contributed by atoms with Crippen LogP contribution in [0.4, 0.5) is 0 Å². The van der Waals surface area contributed by atoms with Crippen LogP contribution in [0.2, 0.25) is 5.02 Å². The van der Waals surface area contributed by atoms with Crippen LogP contribution in [0.15, 0.2) is 18.3 Å². The molecule has 0 spiro atoms. The third kappa shape index (κ3) is 2.58. The summed E-state index contributed by atoms with van der Waals surface area (Å²) in [7, 11) is 0. The van der Waals surface area contributed by atoms with Gasteiger partial charge in [0.2, 0.25) is 0 Å². The molecule has 0 aliphatic carbocycles. The third-order valence-corrected chi connectivity index (χ3v) is 1.28. The number of pyridine rings is 1. The Balaban J connectivity index is 2.87. The summed E-state index contributed by atoms with van der Waals surface area (Å²) in [6.45, 7) is 0.341. The lowest BCUT2D eigenvalue weighted by Gasteiger charge is -1.88. The first-order chi connectivity index (χ1) is 5.33. The van der Waals surface area contributed by atoms with Crippen LogP contribution in [-0.2, 0) is 0 Å². The summed E-state index contributed by atoms with van der Waals surface area (Å²) in [5.74, 6) is 5.46. The van der Waals surface area contributed by atoms with Crippen molar-refractivity contribution in [3.63, 3.8) is 0 Å². The maximum absolute atomic E-state index is 5.68. The Morgan fingerprint density at radius 1 is 1.64 bits per heavy atom. The second kappa shape index (κ2) is 3.97. The van der Waals surface area contributed by atoms with Gasteiger partial charge in [-0.05, 0) is 18.1 Å². The molecular formula is C8H7ClN2. The van der Waals surface area contributed by atoms with Crippen molar-refractivity contribution in [2.75, 3.05) is 6.54 Å². The summed E-state index contributed by atoms with van der Waals surface area (Å²) in [6.07, 6.45) is 1.61. The van der Waals surface area contributed by atoms with Crippen molar-refractivity contribution in [2.45, 2.75) is 0 Å². The second-order valence-corrected chi connectivity index (χ2v) is 2.30. The molecule has 1 rings (SSSR count). The van der Waals surface area contributed by atoms with E-state index < -0.39 is 0 Å². The second-order valence-electron chi connectivity index (χ2n) is 1.87. The summed E-state index contributed by atoms with van der Waals surface area (Å²) < 4.78 is 0. The number of hydrogen-bond donors (Lipinski definition) is 1. The molecule has 0 aliphatic rings. The molecule has 1 aromatic rings. The molecule has 2 N–H and O–H groups in total. The SMILES string of the molecule is NCC#Cc1cc(Cl)ccn1. The molecule has 0 radical (unpaired) electrons. The molecule has 1 heterocycles. The van der Waals surface area contributed by atoms with E-state index in [4.69, 9.17) is 17.3 Å². The van der Waals surface area contributed by atoms with Gasteiger partial charge >= 0.3 is 0 Å². The molecule has 0 amide bonds. The van der Waals surface area contributed by atoms with Crippen molar-refractivity contribution < 1.29 is 0 Å². The van der Waals surface area contributed by atoms with Gasteiger partial charge in [0.15, 0.2) is 0 Å². The highest BCUT2D eigenvalue weighted by Crippen LogP contribution is 2.06. The minimum Gasteiger partial charge on any atom is -0.320 e. The zero-order chi connectivity index (χ0) is 8.10. The van der Waals surface area contributed by atoms with Gasteiger partial charge in [0, 0.05) is 11.2 Å². The van der Waals surface area contributed by atoms with Crippen LogP contribution < -0.4 is 5.73 Å². The van der Waals surface area contributed by atoms with Crippen LogP contribution in [0.3, 0.4) is 0 Å². The minimum atomic E-state index is 0.341. The molecule has 0 saturated carbocycles. The monoisotopic (exact) mass is 166 g/mol. The van der Waals surface area contributed by atoms with Gasteiger partial charge < -0.3 is 5.73 Å². The number of nitrogens with zero attached hydrogens (tertiary/aromatic N) is 1. The largest absolute Gasteiger partial charge is 0.320 e. The smallest absolute Gasteiger partial charge is 0.114 e. The zero-order valence-corrected chi connectivity index (χ0v) is 6.60. The van der Waals surface area contributed by atoms with Gasteiger partial charge in [-0.1, -0.05) is 17.5 Å². The summed E-state index contributed by atoms with van der Waals surface area (Å²) >= 11 is 5.68. The highest BCUT2D eigenvalue weighted by molar-refractivity contribution is 6.30.